The molecule has 1 aliphatic rings. The van der Waals surface area contributed by atoms with Crippen molar-refractivity contribution in [3.8, 4) is 5.75 Å². The topological polar surface area (TPSA) is 41.6 Å². The Kier molecular flexibility index (Phi) is 4.20. The number of carbonyl (C=O) groups excluding carboxylic acids is 1. The molecule has 1 saturated heterocycles. The van der Waals surface area contributed by atoms with Crippen molar-refractivity contribution in [1.29, 1.82) is 0 Å². The number of rotatable bonds is 3. The molecule has 1 N–H and O–H groups in total. The Balaban J connectivity index is 2.08. The number of para-hydroxylation sites is 1. The molecular weight excluding hydrogens is 228 g/mol. The van der Waals surface area contributed by atoms with Crippen LogP contribution in [-0.4, -0.2) is 44.1 Å². The maximum atomic E-state index is 12.4. The molecule has 4 nitrogen and oxygen atoms in total. The third kappa shape index (κ3) is 2.64. The number of piperidine rings is 1. The van der Waals surface area contributed by atoms with Crippen molar-refractivity contribution < 1.29 is 9.53 Å². The average Bonchev–Trinajstić information content (AvgIpc) is 2.46. The minimum Gasteiger partial charge on any atom is -0.496 e. The maximum absolute atomic E-state index is 12.4. The van der Waals surface area contributed by atoms with Crippen LogP contribution >= 0.6 is 0 Å². The Morgan fingerprint density at radius 3 is 2.61 bits per heavy atom. The lowest BCUT2D eigenvalue weighted by Gasteiger charge is -2.32. The van der Waals surface area contributed by atoms with Gasteiger partial charge in [-0.05, 0) is 32.0 Å². The first-order chi connectivity index (χ1) is 8.76. The van der Waals surface area contributed by atoms with Gasteiger partial charge in [0.05, 0.1) is 12.7 Å². The molecule has 1 heterocycles. The van der Waals surface area contributed by atoms with E-state index in [1.54, 1.807) is 7.11 Å². The zero-order valence-electron chi connectivity index (χ0n) is 11.0. The van der Waals surface area contributed by atoms with Gasteiger partial charge in [-0.1, -0.05) is 12.1 Å². The van der Waals surface area contributed by atoms with Crippen molar-refractivity contribution in [3.05, 3.63) is 29.8 Å². The van der Waals surface area contributed by atoms with E-state index in [0.29, 0.717) is 17.4 Å². The molecule has 18 heavy (non-hydrogen) atoms. The van der Waals surface area contributed by atoms with Gasteiger partial charge in [-0.25, -0.2) is 0 Å². The molecule has 2 rings (SSSR count). The number of nitrogens with zero attached hydrogens (tertiary/aromatic N) is 1. The normalized spacial score (nSPS) is 16.7. The fourth-order valence-electron chi connectivity index (χ4n) is 2.36. The maximum Gasteiger partial charge on any atom is 0.257 e. The third-order valence-corrected chi connectivity index (χ3v) is 3.53. The van der Waals surface area contributed by atoms with Gasteiger partial charge in [0.25, 0.3) is 5.91 Å². The third-order valence-electron chi connectivity index (χ3n) is 3.53. The van der Waals surface area contributed by atoms with Crippen molar-refractivity contribution in [2.75, 3.05) is 27.2 Å². The van der Waals surface area contributed by atoms with Crippen molar-refractivity contribution in [3.63, 3.8) is 0 Å². The molecule has 0 atom stereocenters. The molecule has 1 amide bonds. The first kappa shape index (κ1) is 12.9. The summed E-state index contributed by atoms with van der Waals surface area (Å²) in [5.41, 5.74) is 0.655. The molecule has 0 aromatic heterocycles. The van der Waals surface area contributed by atoms with E-state index in [1.165, 1.54) is 0 Å². The van der Waals surface area contributed by atoms with Crippen molar-refractivity contribution in [2.24, 2.45) is 0 Å². The molecule has 4 heteroatoms. The highest BCUT2D eigenvalue weighted by molar-refractivity contribution is 5.97. The number of hydrogen-bond donors (Lipinski definition) is 1. The standard InChI is InChI=1S/C14H20N2O2/c1-15-11-7-9-16(10-8-11)14(17)12-5-3-4-6-13(12)18-2/h3-6,11,15H,7-10H2,1-2H3. The minimum atomic E-state index is 0.0713. The average molecular weight is 248 g/mol. The van der Waals surface area contributed by atoms with Crippen LogP contribution in [0.4, 0.5) is 0 Å². The first-order valence-electron chi connectivity index (χ1n) is 6.36. The minimum absolute atomic E-state index is 0.0713. The summed E-state index contributed by atoms with van der Waals surface area (Å²) in [6.07, 6.45) is 2.02. The molecule has 0 radical (unpaired) electrons. The number of carbonyl (C=O) groups is 1. The number of methoxy groups -OCH3 is 1. The summed E-state index contributed by atoms with van der Waals surface area (Å²) in [4.78, 5) is 14.3. The first-order valence-corrected chi connectivity index (χ1v) is 6.36. The summed E-state index contributed by atoms with van der Waals surface area (Å²) in [7, 11) is 3.57. The Morgan fingerprint density at radius 2 is 2.00 bits per heavy atom. The van der Waals surface area contributed by atoms with Gasteiger partial charge in [-0.2, -0.15) is 0 Å². The lowest BCUT2D eigenvalue weighted by molar-refractivity contribution is 0.0704. The molecule has 0 spiro atoms. The van der Waals surface area contributed by atoms with Gasteiger partial charge in [0, 0.05) is 19.1 Å². The summed E-state index contributed by atoms with van der Waals surface area (Å²) in [6, 6.07) is 7.93. The van der Waals surface area contributed by atoms with Crippen LogP contribution in [-0.2, 0) is 0 Å². The van der Waals surface area contributed by atoms with Gasteiger partial charge in [0.2, 0.25) is 0 Å². The number of ether oxygens (including phenoxy) is 1. The largest absolute Gasteiger partial charge is 0.496 e. The fraction of sp³-hybridized carbons (Fsp3) is 0.500. The van der Waals surface area contributed by atoms with Gasteiger partial charge in [-0.3, -0.25) is 4.79 Å². The van der Waals surface area contributed by atoms with Crippen LogP contribution in [0.25, 0.3) is 0 Å². The van der Waals surface area contributed by atoms with Crippen LogP contribution in [0.1, 0.15) is 23.2 Å². The predicted molar refractivity (Wildman–Crippen MR) is 71.0 cm³/mol. The molecule has 0 bridgehead atoms. The van der Waals surface area contributed by atoms with Crippen molar-refractivity contribution in [1.82, 2.24) is 10.2 Å². The van der Waals surface area contributed by atoms with E-state index in [1.807, 2.05) is 36.2 Å². The zero-order valence-corrected chi connectivity index (χ0v) is 11.0. The molecule has 1 aromatic carbocycles. The van der Waals surface area contributed by atoms with E-state index >= 15 is 0 Å². The van der Waals surface area contributed by atoms with Gasteiger partial charge < -0.3 is 15.0 Å². The van der Waals surface area contributed by atoms with Crippen LogP contribution in [0, 0.1) is 0 Å². The molecule has 0 unspecified atom stereocenters. The quantitative estimate of drug-likeness (QED) is 0.881. The zero-order chi connectivity index (χ0) is 13.0. The van der Waals surface area contributed by atoms with E-state index in [2.05, 4.69) is 5.32 Å². The highest BCUT2D eigenvalue weighted by Gasteiger charge is 2.24. The van der Waals surface area contributed by atoms with Crippen LogP contribution in [0.5, 0.6) is 5.75 Å². The van der Waals surface area contributed by atoms with Crippen LogP contribution < -0.4 is 10.1 Å². The second-order valence-electron chi connectivity index (χ2n) is 4.56. The molecule has 98 valence electrons. The molecule has 1 aliphatic heterocycles. The van der Waals surface area contributed by atoms with Crippen molar-refractivity contribution in [2.45, 2.75) is 18.9 Å². The van der Waals surface area contributed by atoms with E-state index in [4.69, 9.17) is 4.74 Å². The van der Waals surface area contributed by atoms with Gasteiger partial charge >= 0.3 is 0 Å². The summed E-state index contributed by atoms with van der Waals surface area (Å²) >= 11 is 0. The number of benzene rings is 1. The fourth-order valence-corrected chi connectivity index (χ4v) is 2.36. The van der Waals surface area contributed by atoms with Gasteiger partial charge in [-0.15, -0.1) is 0 Å². The predicted octanol–water partition coefficient (Wildman–Crippen LogP) is 1.52. The highest BCUT2D eigenvalue weighted by atomic mass is 16.5. The number of nitrogens with one attached hydrogen (secondary N) is 1. The van der Waals surface area contributed by atoms with E-state index in [0.717, 1.165) is 25.9 Å². The molecule has 1 fully saturated rings. The monoisotopic (exact) mass is 248 g/mol. The Morgan fingerprint density at radius 1 is 1.33 bits per heavy atom. The smallest absolute Gasteiger partial charge is 0.257 e. The summed E-state index contributed by atoms with van der Waals surface area (Å²) < 4.78 is 5.24. The van der Waals surface area contributed by atoms with Crippen LogP contribution in [0.2, 0.25) is 0 Å². The van der Waals surface area contributed by atoms with E-state index in [-0.39, 0.29) is 5.91 Å². The summed E-state index contributed by atoms with van der Waals surface area (Å²) in [6.45, 7) is 1.62. The molecule has 1 aromatic rings. The van der Waals surface area contributed by atoms with Gasteiger partial charge in [0.15, 0.2) is 0 Å². The van der Waals surface area contributed by atoms with Crippen LogP contribution in [0.3, 0.4) is 0 Å². The van der Waals surface area contributed by atoms with Crippen LogP contribution in [0.15, 0.2) is 24.3 Å². The lowest BCUT2D eigenvalue weighted by Crippen LogP contribution is -2.44. The molecule has 0 aliphatic carbocycles. The Bertz CT molecular complexity index is 412. The Labute approximate surface area is 108 Å². The second-order valence-corrected chi connectivity index (χ2v) is 4.56. The van der Waals surface area contributed by atoms with Crippen molar-refractivity contribution >= 4 is 5.91 Å². The second kappa shape index (κ2) is 5.87. The molecular formula is C14H20N2O2. The Hall–Kier alpha value is -1.55. The van der Waals surface area contributed by atoms with Gasteiger partial charge in [0.1, 0.15) is 5.75 Å². The van der Waals surface area contributed by atoms with E-state index in [9.17, 15) is 4.79 Å². The summed E-state index contributed by atoms with van der Waals surface area (Å²) in [5, 5.41) is 3.26. The highest BCUT2D eigenvalue weighted by Crippen LogP contribution is 2.21. The number of amides is 1. The SMILES string of the molecule is CNC1CCN(C(=O)c2ccccc2OC)CC1. The number of likely N-dealkylation sites (tertiary alicyclic amines) is 1. The van der Waals surface area contributed by atoms with E-state index < -0.39 is 0 Å². The molecule has 0 saturated carbocycles. The summed E-state index contributed by atoms with van der Waals surface area (Å²) in [5.74, 6) is 0.722. The lowest BCUT2D eigenvalue weighted by atomic mass is 10.0. The number of hydrogen-bond acceptors (Lipinski definition) is 3.